The zero-order chi connectivity index (χ0) is 28.4. The van der Waals surface area contributed by atoms with Gasteiger partial charge in [-0.15, -0.1) is 0 Å². The van der Waals surface area contributed by atoms with Gasteiger partial charge in [-0.05, 0) is 96.2 Å². The fourth-order valence-corrected chi connectivity index (χ4v) is 7.35. The minimum absolute atomic E-state index is 0.336. The summed E-state index contributed by atoms with van der Waals surface area (Å²) >= 11 is 0. The van der Waals surface area contributed by atoms with Crippen molar-refractivity contribution in [2.75, 3.05) is 43.5 Å². The first-order chi connectivity index (χ1) is 20.1. The summed E-state index contributed by atoms with van der Waals surface area (Å²) in [6.45, 7) is 10.5. The topological polar surface area (TPSA) is 100 Å². The highest BCUT2D eigenvalue weighted by molar-refractivity contribution is 5.84. The average molecular weight is 568 g/mol. The molecule has 9 nitrogen and oxygen atoms in total. The molecular weight excluding hydrogens is 510 g/mol. The SMILES string of the molecule is CCCN(CCC)CCCCCC1CCN(Nc2nc(NC3CCC(N)CC3)nc3c2ncn3C2CCCC2)CC1. The van der Waals surface area contributed by atoms with E-state index in [4.69, 9.17) is 20.7 Å². The van der Waals surface area contributed by atoms with E-state index in [1.807, 2.05) is 6.33 Å². The number of hydrogen-bond donors (Lipinski definition) is 3. The van der Waals surface area contributed by atoms with Crippen LogP contribution in [0.4, 0.5) is 11.8 Å². The second-order valence-corrected chi connectivity index (χ2v) is 13.1. The summed E-state index contributed by atoms with van der Waals surface area (Å²) in [5.41, 5.74) is 11.7. The number of imidazole rings is 1. The molecule has 1 aliphatic heterocycles. The van der Waals surface area contributed by atoms with E-state index in [1.165, 1.54) is 96.7 Å². The molecule has 3 aliphatic rings. The fraction of sp³-hybridized carbons (Fsp3) is 0.844. The Morgan fingerprint density at radius 2 is 1.61 bits per heavy atom. The number of nitrogens with one attached hydrogen (secondary N) is 2. The molecule has 41 heavy (non-hydrogen) atoms. The van der Waals surface area contributed by atoms with Crippen molar-refractivity contribution in [1.82, 2.24) is 29.4 Å². The first-order valence-corrected chi connectivity index (χ1v) is 17.1. The summed E-state index contributed by atoms with van der Waals surface area (Å²) in [6, 6.07) is 1.22. The van der Waals surface area contributed by atoms with Gasteiger partial charge >= 0.3 is 0 Å². The third-order valence-electron chi connectivity index (χ3n) is 9.79. The zero-order valence-electron chi connectivity index (χ0n) is 26.0. The molecule has 0 spiro atoms. The Morgan fingerprint density at radius 3 is 2.32 bits per heavy atom. The molecule has 1 saturated heterocycles. The van der Waals surface area contributed by atoms with Gasteiger partial charge < -0.3 is 25.9 Å². The molecule has 2 aliphatic carbocycles. The maximum absolute atomic E-state index is 6.16. The molecule has 0 radical (unpaired) electrons. The summed E-state index contributed by atoms with van der Waals surface area (Å²) in [5.74, 6) is 2.42. The van der Waals surface area contributed by atoms with Crippen LogP contribution < -0.4 is 16.5 Å². The quantitative estimate of drug-likeness (QED) is 0.214. The van der Waals surface area contributed by atoms with Crippen LogP contribution >= 0.6 is 0 Å². The maximum atomic E-state index is 6.16. The van der Waals surface area contributed by atoms with Crippen LogP contribution in [0.3, 0.4) is 0 Å². The highest BCUT2D eigenvalue weighted by Gasteiger charge is 2.25. The number of anilines is 2. The molecule has 9 heteroatoms. The summed E-state index contributed by atoms with van der Waals surface area (Å²) in [4.78, 5) is 17.5. The minimum Gasteiger partial charge on any atom is -0.351 e. The largest absolute Gasteiger partial charge is 0.351 e. The van der Waals surface area contributed by atoms with Gasteiger partial charge in [0.15, 0.2) is 17.0 Å². The lowest BCUT2D eigenvalue weighted by molar-refractivity contribution is 0.205. The molecule has 0 aromatic carbocycles. The smallest absolute Gasteiger partial charge is 0.227 e. The summed E-state index contributed by atoms with van der Waals surface area (Å²) < 4.78 is 2.31. The Labute approximate surface area is 248 Å². The average Bonchev–Trinajstić information content (AvgIpc) is 3.66. The van der Waals surface area contributed by atoms with Crippen LogP contribution in [0.25, 0.3) is 11.2 Å². The van der Waals surface area contributed by atoms with Crippen LogP contribution in [-0.2, 0) is 0 Å². The van der Waals surface area contributed by atoms with Crippen LogP contribution in [-0.4, -0.2) is 74.2 Å². The molecule has 3 fully saturated rings. The summed E-state index contributed by atoms with van der Waals surface area (Å²) in [6.07, 6.45) is 21.8. The van der Waals surface area contributed by atoms with Gasteiger partial charge in [0.2, 0.25) is 5.95 Å². The predicted octanol–water partition coefficient (Wildman–Crippen LogP) is 6.34. The highest BCUT2D eigenvalue weighted by atomic mass is 15.5. The number of fused-ring (bicyclic) bond motifs is 1. The lowest BCUT2D eigenvalue weighted by Gasteiger charge is -2.32. The molecule has 5 rings (SSSR count). The number of rotatable bonds is 15. The number of nitrogens with zero attached hydrogens (tertiary/aromatic N) is 6. The third-order valence-corrected chi connectivity index (χ3v) is 9.79. The molecule has 3 heterocycles. The van der Waals surface area contributed by atoms with E-state index in [9.17, 15) is 0 Å². The number of nitrogens with two attached hydrogens (primary N) is 1. The normalized spacial score (nSPS) is 23.1. The van der Waals surface area contributed by atoms with Crippen LogP contribution in [0, 0.1) is 5.92 Å². The number of aromatic nitrogens is 4. The van der Waals surface area contributed by atoms with Crippen molar-refractivity contribution < 1.29 is 0 Å². The molecule has 2 aromatic heterocycles. The van der Waals surface area contributed by atoms with E-state index in [0.29, 0.717) is 18.1 Å². The van der Waals surface area contributed by atoms with E-state index < -0.39 is 0 Å². The standard InChI is InChI=1S/C32H57N9/c1-3-19-39(20-4-2)21-9-5-6-10-25-17-22-40(23-18-25)38-30-29-31(41(24-34-29)28-11-7-8-12-28)37-32(36-30)35-27-15-13-26(33)14-16-27/h24-28H,3-23,33H2,1-2H3,(H2,35,36,37,38). The summed E-state index contributed by atoms with van der Waals surface area (Å²) in [5, 5.41) is 6.02. The van der Waals surface area contributed by atoms with Gasteiger partial charge in [0.25, 0.3) is 0 Å². The van der Waals surface area contributed by atoms with Crippen molar-refractivity contribution >= 4 is 22.9 Å². The van der Waals surface area contributed by atoms with Gasteiger partial charge in [-0.25, -0.2) is 9.99 Å². The summed E-state index contributed by atoms with van der Waals surface area (Å²) in [7, 11) is 0. The molecule has 0 atom stereocenters. The molecule has 4 N–H and O–H groups in total. The zero-order valence-corrected chi connectivity index (χ0v) is 26.0. The Morgan fingerprint density at radius 1 is 0.878 bits per heavy atom. The second kappa shape index (κ2) is 15.5. The van der Waals surface area contributed by atoms with Crippen LogP contribution in [0.15, 0.2) is 6.33 Å². The molecule has 2 aromatic rings. The van der Waals surface area contributed by atoms with E-state index in [2.05, 4.69) is 39.1 Å². The van der Waals surface area contributed by atoms with Crippen LogP contribution in [0.2, 0.25) is 0 Å². The van der Waals surface area contributed by atoms with Gasteiger partial charge in [0, 0.05) is 31.2 Å². The van der Waals surface area contributed by atoms with Crippen molar-refractivity contribution in [2.45, 2.75) is 135 Å². The molecule has 230 valence electrons. The van der Waals surface area contributed by atoms with Gasteiger partial charge in [-0.3, -0.25) is 0 Å². The molecule has 0 unspecified atom stereocenters. The van der Waals surface area contributed by atoms with Gasteiger partial charge in [0.05, 0.1) is 6.33 Å². The van der Waals surface area contributed by atoms with E-state index in [0.717, 1.165) is 67.6 Å². The first-order valence-electron chi connectivity index (χ1n) is 17.1. The highest BCUT2D eigenvalue weighted by Crippen LogP contribution is 2.34. The van der Waals surface area contributed by atoms with Crippen molar-refractivity contribution in [3.63, 3.8) is 0 Å². The lowest BCUT2D eigenvalue weighted by Crippen LogP contribution is -2.38. The molecular formula is C32H57N9. The second-order valence-electron chi connectivity index (χ2n) is 13.1. The fourth-order valence-electron chi connectivity index (χ4n) is 7.35. The van der Waals surface area contributed by atoms with E-state index in [-0.39, 0.29) is 0 Å². The van der Waals surface area contributed by atoms with Gasteiger partial charge in [-0.1, -0.05) is 46.0 Å². The van der Waals surface area contributed by atoms with Crippen LogP contribution in [0.1, 0.15) is 123 Å². The Hall–Kier alpha value is -1.97. The first kappa shape index (κ1) is 30.5. The van der Waals surface area contributed by atoms with Gasteiger partial charge in [-0.2, -0.15) is 9.97 Å². The maximum Gasteiger partial charge on any atom is 0.227 e. The van der Waals surface area contributed by atoms with E-state index >= 15 is 0 Å². The van der Waals surface area contributed by atoms with Crippen LogP contribution in [0.5, 0.6) is 0 Å². The monoisotopic (exact) mass is 567 g/mol. The van der Waals surface area contributed by atoms with Crippen molar-refractivity contribution in [1.29, 1.82) is 0 Å². The number of hydrazine groups is 1. The van der Waals surface area contributed by atoms with Crippen molar-refractivity contribution in [2.24, 2.45) is 11.7 Å². The molecule has 0 amide bonds. The Bertz CT molecular complexity index is 1030. The number of hydrogen-bond acceptors (Lipinski definition) is 8. The third kappa shape index (κ3) is 8.54. The Kier molecular flexibility index (Phi) is 11.5. The minimum atomic E-state index is 0.336. The predicted molar refractivity (Wildman–Crippen MR) is 170 cm³/mol. The Balaban J connectivity index is 1.15. The molecule has 2 saturated carbocycles. The van der Waals surface area contributed by atoms with E-state index in [1.54, 1.807) is 0 Å². The number of piperidine rings is 1. The molecule has 0 bridgehead atoms. The number of unbranched alkanes of at least 4 members (excludes halogenated alkanes) is 2. The van der Waals surface area contributed by atoms with Crippen molar-refractivity contribution in [3.05, 3.63) is 6.33 Å². The van der Waals surface area contributed by atoms with Gasteiger partial charge in [0.1, 0.15) is 0 Å². The van der Waals surface area contributed by atoms with Crippen molar-refractivity contribution in [3.8, 4) is 0 Å². The lowest BCUT2D eigenvalue weighted by atomic mass is 9.92.